The number of hydrogen-bond donors (Lipinski definition) is 1. The van der Waals surface area contributed by atoms with Crippen molar-refractivity contribution in [3.63, 3.8) is 0 Å². The fourth-order valence-corrected chi connectivity index (χ4v) is 2.11. The molecule has 2 rings (SSSR count). The molecule has 1 aromatic rings. The number of rotatable bonds is 3. The van der Waals surface area contributed by atoms with Gasteiger partial charge in [0.15, 0.2) is 0 Å². The van der Waals surface area contributed by atoms with E-state index >= 15 is 0 Å². The fraction of sp³-hybridized carbons (Fsp3) is 0.308. The lowest BCUT2D eigenvalue weighted by atomic mass is 10.00. The predicted octanol–water partition coefficient (Wildman–Crippen LogP) is 2.34. The summed E-state index contributed by atoms with van der Waals surface area (Å²) in [6.07, 6.45) is 10.4. The molecule has 0 amide bonds. The van der Waals surface area contributed by atoms with Gasteiger partial charge in [-0.15, -0.1) is 0 Å². The van der Waals surface area contributed by atoms with Crippen molar-refractivity contribution in [1.29, 1.82) is 0 Å². The van der Waals surface area contributed by atoms with Crippen LogP contribution in [-0.4, -0.2) is 21.3 Å². The molecule has 0 radical (unpaired) electrons. The van der Waals surface area contributed by atoms with Crippen molar-refractivity contribution in [2.75, 3.05) is 6.61 Å². The molecule has 0 saturated heterocycles. The van der Waals surface area contributed by atoms with Gasteiger partial charge < -0.3 is 9.67 Å². The first kappa shape index (κ1) is 10.9. The Labute approximate surface area is 95.4 Å². The Kier molecular flexibility index (Phi) is 3.06. The topological polar surface area (TPSA) is 38.0 Å². The molecular weight excluding hydrogens is 200 g/mol. The number of nitrogens with zero attached hydrogens (tertiary/aromatic N) is 2. The first-order valence-electron chi connectivity index (χ1n) is 5.44. The van der Waals surface area contributed by atoms with Crippen LogP contribution in [0.4, 0.5) is 0 Å². The molecule has 0 aromatic carbocycles. The summed E-state index contributed by atoms with van der Waals surface area (Å²) in [4.78, 5) is 4.12. The highest BCUT2D eigenvalue weighted by Crippen LogP contribution is 2.40. The van der Waals surface area contributed by atoms with Crippen molar-refractivity contribution < 1.29 is 5.11 Å². The van der Waals surface area contributed by atoms with Crippen LogP contribution < -0.4 is 0 Å². The molecule has 1 atom stereocenters. The molecule has 0 bridgehead atoms. The Bertz CT molecular complexity index is 454. The molecular formula is C13H16N2O. The van der Waals surface area contributed by atoms with Gasteiger partial charge in [-0.3, -0.25) is 0 Å². The minimum Gasteiger partial charge on any atom is -0.396 e. The number of aliphatic hydroxyl groups excluding tert-OH is 1. The van der Waals surface area contributed by atoms with E-state index in [9.17, 15) is 0 Å². The second-order valence-corrected chi connectivity index (χ2v) is 3.84. The van der Waals surface area contributed by atoms with Crippen LogP contribution in [0.15, 0.2) is 42.9 Å². The second-order valence-electron chi connectivity index (χ2n) is 3.84. The molecule has 1 N–H and O–H groups in total. The molecule has 0 aliphatic carbocycles. The summed E-state index contributed by atoms with van der Waals surface area (Å²) in [6.45, 7) is 6.24. The Morgan fingerprint density at radius 3 is 3.12 bits per heavy atom. The maximum atomic E-state index is 9.11. The first-order chi connectivity index (χ1) is 7.79. The van der Waals surface area contributed by atoms with Crippen LogP contribution in [0.2, 0.25) is 0 Å². The highest BCUT2D eigenvalue weighted by molar-refractivity contribution is 5.80. The van der Waals surface area contributed by atoms with Crippen LogP contribution in [-0.2, 0) is 0 Å². The van der Waals surface area contributed by atoms with Crippen molar-refractivity contribution in [3.8, 4) is 0 Å². The van der Waals surface area contributed by atoms with E-state index in [0.717, 1.165) is 11.3 Å². The number of hydrogen-bond acceptors (Lipinski definition) is 2. The number of aliphatic hydroxyl groups is 1. The van der Waals surface area contributed by atoms with Gasteiger partial charge >= 0.3 is 0 Å². The zero-order valence-corrected chi connectivity index (χ0v) is 9.43. The quantitative estimate of drug-likeness (QED) is 0.842. The zero-order valence-electron chi connectivity index (χ0n) is 9.43. The third-order valence-corrected chi connectivity index (χ3v) is 2.89. The third-order valence-electron chi connectivity index (χ3n) is 2.89. The largest absolute Gasteiger partial charge is 0.396 e. The van der Waals surface area contributed by atoms with E-state index in [-0.39, 0.29) is 12.6 Å². The zero-order chi connectivity index (χ0) is 11.5. The minimum atomic E-state index is 0.169. The summed E-state index contributed by atoms with van der Waals surface area (Å²) in [6, 6.07) is 0.172. The van der Waals surface area contributed by atoms with Crippen LogP contribution in [0.5, 0.6) is 0 Å². The van der Waals surface area contributed by atoms with Gasteiger partial charge in [-0.05, 0) is 24.5 Å². The van der Waals surface area contributed by atoms with E-state index in [1.165, 1.54) is 5.57 Å². The predicted molar refractivity (Wildman–Crippen MR) is 64.9 cm³/mol. The van der Waals surface area contributed by atoms with Crippen molar-refractivity contribution in [1.82, 2.24) is 9.55 Å². The summed E-state index contributed by atoms with van der Waals surface area (Å²) >= 11 is 0. The Balaban J connectivity index is 2.41. The molecule has 16 heavy (non-hydrogen) atoms. The molecule has 3 nitrogen and oxygen atoms in total. The van der Waals surface area contributed by atoms with Gasteiger partial charge in [-0.1, -0.05) is 24.8 Å². The lowest BCUT2D eigenvalue weighted by molar-refractivity contribution is 0.270. The van der Waals surface area contributed by atoms with Crippen LogP contribution in [0, 0.1) is 0 Å². The minimum absolute atomic E-state index is 0.169. The Hall–Kier alpha value is -1.61. The van der Waals surface area contributed by atoms with Crippen LogP contribution in [0.3, 0.4) is 0 Å². The van der Waals surface area contributed by atoms with Crippen molar-refractivity contribution >= 4 is 5.57 Å². The number of aromatic nitrogens is 2. The summed E-state index contributed by atoms with van der Waals surface area (Å²) in [7, 11) is 0. The molecule has 0 spiro atoms. The smallest absolute Gasteiger partial charge is 0.0956 e. The summed E-state index contributed by atoms with van der Waals surface area (Å²) < 4.78 is 2.08. The van der Waals surface area contributed by atoms with Gasteiger partial charge in [0.25, 0.3) is 0 Å². The van der Waals surface area contributed by atoms with Crippen LogP contribution in [0.25, 0.3) is 5.57 Å². The van der Waals surface area contributed by atoms with Gasteiger partial charge in [0.05, 0.1) is 24.3 Å². The Morgan fingerprint density at radius 2 is 2.44 bits per heavy atom. The number of imidazole rings is 1. The summed E-state index contributed by atoms with van der Waals surface area (Å²) in [5.41, 5.74) is 3.23. The van der Waals surface area contributed by atoms with E-state index in [1.807, 2.05) is 25.3 Å². The highest BCUT2D eigenvalue weighted by atomic mass is 16.3. The molecule has 1 aliphatic rings. The van der Waals surface area contributed by atoms with E-state index in [2.05, 4.69) is 22.2 Å². The maximum absolute atomic E-state index is 9.11. The van der Waals surface area contributed by atoms with Gasteiger partial charge in [0.2, 0.25) is 0 Å². The van der Waals surface area contributed by atoms with Gasteiger partial charge in [0, 0.05) is 6.61 Å². The van der Waals surface area contributed by atoms with Gasteiger partial charge in [-0.25, -0.2) is 4.98 Å². The van der Waals surface area contributed by atoms with Crippen LogP contribution in [0.1, 0.15) is 25.1 Å². The van der Waals surface area contributed by atoms with E-state index in [4.69, 9.17) is 5.11 Å². The summed E-state index contributed by atoms with van der Waals surface area (Å²) in [5.74, 6) is 0. The number of fused-ring (bicyclic) bond motifs is 1. The lowest BCUT2D eigenvalue weighted by Crippen LogP contribution is -2.06. The van der Waals surface area contributed by atoms with E-state index in [0.29, 0.717) is 6.42 Å². The molecule has 1 unspecified atom stereocenters. The SMILES string of the molecule is C=C1/C(=C\C=C/C)C(CCO)n2cncc21. The molecule has 3 heteroatoms. The fourth-order valence-electron chi connectivity index (χ4n) is 2.11. The highest BCUT2D eigenvalue weighted by Gasteiger charge is 2.28. The second kappa shape index (κ2) is 4.49. The van der Waals surface area contributed by atoms with Gasteiger partial charge in [-0.2, -0.15) is 0 Å². The number of allylic oxidation sites excluding steroid dienone is 5. The monoisotopic (exact) mass is 216 g/mol. The lowest BCUT2D eigenvalue weighted by Gasteiger charge is -2.12. The molecule has 1 aromatic heterocycles. The Morgan fingerprint density at radius 1 is 1.62 bits per heavy atom. The van der Waals surface area contributed by atoms with Crippen molar-refractivity contribution in [3.05, 3.63) is 48.6 Å². The molecule has 0 fully saturated rings. The summed E-state index contributed by atoms with van der Waals surface area (Å²) in [5, 5.41) is 9.11. The van der Waals surface area contributed by atoms with Crippen molar-refractivity contribution in [2.45, 2.75) is 19.4 Å². The van der Waals surface area contributed by atoms with E-state index in [1.54, 1.807) is 6.33 Å². The molecule has 2 heterocycles. The van der Waals surface area contributed by atoms with Crippen molar-refractivity contribution in [2.24, 2.45) is 0 Å². The molecule has 0 saturated carbocycles. The van der Waals surface area contributed by atoms with Crippen LogP contribution >= 0.6 is 0 Å². The third kappa shape index (κ3) is 1.63. The average molecular weight is 216 g/mol. The normalized spacial score (nSPS) is 22.2. The van der Waals surface area contributed by atoms with E-state index < -0.39 is 0 Å². The maximum Gasteiger partial charge on any atom is 0.0956 e. The standard InChI is InChI=1S/C13H16N2O/c1-3-4-5-11-10(2)13-8-14-9-15(13)12(11)6-7-16/h3-5,8-9,12,16H,2,6-7H2,1H3/b4-3-,11-5+. The first-order valence-corrected chi connectivity index (χ1v) is 5.44. The molecule has 84 valence electrons. The van der Waals surface area contributed by atoms with Gasteiger partial charge in [0.1, 0.15) is 0 Å². The average Bonchev–Trinajstić information content (AvgIpc) is 2.83. The molecule has 1 aliphatic heterocycles.